The topological polar surface area (TPSA) is 55.6 Å². The first-order valence-electron chi connectivity index (χ1n) is 5.31. The third kappa shape index (κ3) is 1.48. The van der Waals surface area contributed by atoms with Crippen molar-refractivity contribution in [3.63, 3.8) is 0 Å². The molecule has 15 heavy (non-hydrogen) atoms. The van der Waals surface area contributed by atoms with E-state index in [2.05, 4.69) is 20.6 Å². The van der Waals surface area contributed by atoms with Crippen LogP contribution in [0.2, 0.25) is 0 Å². The van der Waals surface area contributed by atoms with Crippen molar-refractivity contribution in [3.8, 4) is 0 Å². The van der Waals surface area contributed by atoms with Crippen molar-refractivity contribution in [2.75, 3.05) is 13.1 Å². The molecule has 5 nitrogen and oxygen atoms in total. The van der Waals surface area contributed by atoms with Gasteiger partial charge in [0.05, 0.1) is 17.8 Å². The third-order valence-electron chi connectivity index (χ3n) is 2.89. The maximum Gasteiger partial charge on any atom is 0.131 e. The van der Waals surface area contributed by atoms with E-state index in [1.807, 2.05) is 10.7 Å². The molecule has 1 saturated heterocycles. The second kappa shape index (κ2) is 3.58. The Morgan fingerprint density at radius 1 is 1.47 bits per heavy atom. The van der Waals surface area contributed by atoms with Gasteiger partial charge in [-0.05, 0) is 25.5 Å². The highest BCUT2D eigenvalue weighted by molar-refractivity contribution is 5.72. The van der Waals surface area contributed by atoms with E-state index in [9.17, 15) is 0 Å². The quantitative estimate of drug-likeness (QED) is 0.743. The molecule has 1 atom stereocenters. The van der Waals surface area contributed by atoms with Crippen molar-refractivity contribution in [2.24, 2.45) is 0 Å². The highest BCUT2D eigenvalue weighted by Crippen LogP contribution is 2.19. The first-order valence-corrected chi connectivity index (χ1v) is 5.31. The third-order valence-corrected chi connectivity index (χ3v) is 2.89. The lowest BCUT2D eigenvalue weighted by Gasteiger charge is -2.22. The van der Waals surface area contributed by atoms with Crippen LogP contribution in [0.3, 0.4) is 0 Å². The molecule has 0 radical (unpaired) electrons. The molecule has 1 fully saturated rings. The minimum absolute atomic E-state index is 0.436. The Morgan fingerprint density at radius 2 is 2.47 bits per heavy atom. The van der Waals surface area contributed by atoms with E-state index in [4.69, 9.17) is 0 Å². The summed E-state index contributed by atoms with van der Waals surface area (Å²) in [6.45, 7) is 2.10. The summed E-state index contributed by atoms with van der Waals surface area (Å²) in [5, 5.41) is 11.7. The largest absolute Gasteiger partial charge is 0.315 e. The smallest absolute Gasteiger partial charge is 0.131 e. The summed E-state index contributed by atoms with van der Waals surface area (Å²) in [6.07, 6.45) is 5.93. The zero-order chi connectivity index (χ0) is 10.1. The Kier molecular flexibility index (Phi) is 2.10. The predicted molar refractivity (Wildman–Crippen MR) is 56.5 cm³/mol. The minimum atomic E-state index is 0.436. The average Bonchev–Trinajstić information content (AvgIpc) is 2.74. The van der Waals surface area contributed by atoms with Crippen LogP contribution in [0, 0.1) is 0 Å². The molecule has 1 aliphatic rings. The van der Waals surface area contributed by atoms with Crippen LogP contribution in [-0.4, -0.2) is 33.1 Å². The molecule has 0 spiro atoms. The molecule has 3 rings (SSSR count). The van der Waals surface area contributed by atoms with Crippen LogP contribution in [0.5, 0.6) is 0 Å². The maximum absolute atomic E-state index is 4.21. The van der Waals surface area contributed by atoms with Crippen molar-refractivity contribution in [1.29, 1.82) is 0 Å². The Bertz CT molecular complexity index is 458. The van der Waals surface area contributed by atoms with E-state index in [0.717, 1.165) is 24.1 Å². The molecule has 2 aromatic heterocycles. The molecule has 0 aromatic carbocycles. The molecule has 0 aliphatic carbocycles. The highest BCUT2D eigenvalue weighted by atomic mass is 15.4. The van der Waals surface area contributed by atoms with Gasteiger partial charge in [0.2, 0.25) is 0 Å². The second-order valence-electron chi connectivity index (χ2n) is 3.90. The molecular weight excluding hydrogens is 190 g/mol. The number of nitrogens with one attached hydrogen (secondary N) is 1. The van der Waals surface area contributed by atoms with Gasteiger partial charge in [0, 0.05) is 12.7 Å². The van der Waals surface area contributed by atoms with Gasteiger partial charge in [-0.25, -0.2) is 4.68 Å². The van der Waals surface area contributed by atoms with Crippen LogP contribution in [0.1, 0.15) is 18.9 Å². The van der Waals surface area contributed by atoms with Gasteiger partial charge < -0.3 is 5.32 Å². The van der Waals surface area contributed by atoms with Gasteiger partial charge in [-0.2, -0.15) is 0 Å². The Labute approximate surface area is 87.5 Å². The molecule has 3 heterocycles. The standard InChI is InChI=1S/C10H13N5/c1-2-8(6-11-4-1)15-10-3-5-12-7-9(10)13-14-15/h3,5,7-8,11H,1-2,4,6H2. The van der Waals surface area contributed by atoms with Crippen LogP contribution in [0.25, 0.3) is 11.0 Å². The van der Waals surface area contributed by atoms with Crippen molar-refractivity contribution in [2.45, 2.75) is 18.9 Å². The maximum atomic E-state index is 4.21. The first-order chi connectivity index (χ1) is 7.45. The Morgan fingerprint density at radius 3 is 3.33 bits per heavy atom. The summed E-state index contributed by atoms with van der Waals surface area (Å²) in [5.74, 6) is 0. The lowest BCUT2D eigenvalue weighted by Crippen LogP contribution is -2.32. The molecule has 2 aromatic rings. The summed E-state index contributed by atoms with van der Waals surface area (Å²) in [6, 6.07) is 2.41. The number of aromatic nitrogens is 4. The summed E-state index contributed by atoms with van der Waals surface area (Å²) in [4.78, 5) is 4.04. The fourth-order valence-electron chi connectivity index (χ4n) is 2.11. The van der Waals surface area contributed by atoms with Crippen molar-refractivity contribution < 1.29 is 0 Å². The average molecular weight is 203 g/mol. The molecule has 0 saturated carbocycles. The molecule has 0 bridgehead atoms. The van der Waals surface area contributed by atoms with E-state index in [1.54, 1.807) is 12.4 Å². The second-order valence-corrected chi connectivity index (χ2v) is 3.90. The van der Waals surface area contributed by atoms with E-state index in [0.29, 0.717) is 6.04 Å². The van der Waals surface area contributed by atoms with Crippen LogP contribution in [0.4, 0.5) is 0 Å². The summed E-state index contributed by atoms with van der Waals surface area (Å²) in [5.41, 5.74) is 1.96. The van der Waals surface area contributed by atoms with Gasteiger partial charge in [-0.1, -0.05) is 5.21 Å². The molecule has 0 amide bonds. The highest BCUT2D eigenvalue weighted by Gasteiger charge is 2.17. The summed E-state index contributed by atoms with van der Waals surface area (Å²) >= 11 is 0. The number of rotatable bonds is 1. The molecule has 78 valence electrons. The fraction of sp³-hybridized carbons (Fsp3) is 0.500. The molecule has 1 N–H and O–H groups in total. The van der Waals surface area contributed by atoms with Crippen LogP contribution in [-0.2, 0) is 0 Å². The molecule has 1 unspecified atom stereocenters. The van der Waals surface area contributed by atoms with Crippen LogP contribution in [0.15, 0.2) is 18.5 Å². The van der Waals surface area contributed by atoms with Crippen LogP contribution >= 0.6 is 0 Å². The Hall–Kier alpha value is -1.49. The fourth-order valence-corrected chi connectivity index (χ4v) is 2.11. The molecule has 5 heteroatoms. The number of nitrogens with zero attached hydrogens (tertiary/aromatic N) is 4. The number of pyridine rings is 1. The van der Waals surface area contributed by atoms with Gasteiger partial charge in [0.25, 0.3) is 0 Å². The van der Waals surface area contributed by atoms with Gasteiger partial charge in [-0.3, -0.25) is 4.98 Å². The number of fused-ring (bicyclic) bond motifs is 1. The lowest BCUT2D eigenvalue weighted by molar-refractivity contribution is 0.349. The van der Waals surface area contributed by atoms with Crippen molar-refractivity contribution >= 4 is 11.0 Å². The van der Waals surface area contributed by atoms with Gasteiger partial charge >= 0.3 is 0 Å². The molecule has 1 aliphatic heterocycles. The Balaban J connectivity index is 2.02. The number of piperidine rings is 1. The monoisotopic (exact) mass is 203 g/mol. The van der Waals surface area contributed by atoms with Crippen molar-refractivity contribution in [3.05, 3.63) is 18.5 Å². The van der Waals surface area contributed by atoms with Crippen molar-refractivity contribution in [1.82, 2.24) is 25.3 Å². The van der Waals surface area contributed by atoms with E-state index >= 15 is 0 Å². The lowest BCUT2D eigenvalue weighted by atomic mass is 10.1. The van der Waals surface area contributed by atoms with Crippen LogP contribution < -0.4 is 5.32 Å². The number of hydrogen-bond donors (Lipinski definition) is 1. The first kappa shape index (κ1) is 8.79. The zero-order valence-electron chi connectivity index (χ0n) is 8.43. The number of hydrogen-bond acceptors (Lipinski definition) is 4. The van der Waals surface area contributed by atoms with Gasteiger partial charge in [0.1, 0.15) is 5.52 Å². The minimum Gasteiger partial charge on any atom is -0.315 e. The van der Waals surface area contributed by atoms with E-state index in [-0.39, 0.29) is 0 Å². The zero-order valence-corrected chi connectivity index (χ0v) is 8.43. The summed E-state index contributed by atoms with van der Waals surface area (Å²) < 4.78 is 2.02. The SMILES string of the molecule is c1cc2c(cn1)nnn2C1CCCNC1. The van der Waals surface area contributed by atoms with E-state index < -0.39 is 0 Å². The predicted octanol–water partition coefficient (Wildman–Crippen LogP) is 0.751. The normalized spacial score (nSPS) is 22.0. The molecular formula is C10H13N5. The van der Waals surface area contributed by atoms with Gasteiger partial charge in [-0.15, -0.1) is 5.10 Å². The van der Waals surface area contributed by atoms with E-state index in [1.165, 1.54) is 12.8 Å². The summed E-state index contributed by atoms with van der Waals surface area (Å²) in [7, 11) is 0. The van der Waals surface area contributed by atoms with Gasteiger partial charge in [0.15, 0.2) is 0 Å².